The summed E-state index contributed by atoms with van der Waals surface area (Å²) in [4.78, 5) is 26.2. The van der Waals surface area contributed by atoms with Crippen molar-refractivity contribution < 1.29 is 14.7 Å². The quantitative estimate of drug-likeness (QED) is 0.866. The maximum absolute atomic E-state index is 12.4. The van der Waals surface area contributed by atoms with Crippen molar-refractivity contribution in [3.8, 4) is 0 Å². The summed E-state index contributed by atoms with van der Waals surface area (Å²) in [7, 11) is 0. The normalized spacial score (nSPS) is 17.0. The van der Waals surface area contributed by atoms with Crippen molar-refractivity contribution in [2.24, 2.45) is 5.92 Å². The highest BCUT2D eigenvalue weighted by molar-refractivity contribution is 6.05. The zero-order valence-corrected chi connectivity index (χ0v) is 15.2. The molecule has 136 valence electrons. The van der Waals surface area contributed by atoms with Gasteiger partial charge in [-0.15, -0.1) is 0 Å². The van der Waals surface area contributed by atoms with E-state index in [2.05, 4.69) is 17.1 Å². The second kappa shape index (κ2) is 7.60. The number of carbonyl (C=O) groups excluding carboxylic acids is 1. The number of hydrogen-bond acceptors (Lipinski definition) is 3. The largest absolute Gasteiger partial charge is 0.478 e. The van der Waals surface area contributed by atoms with Gasteiger partial charge in [0, 0.05) is 24.3 Å². The first-order chi connectivity index (χ1) is 12.4. The van der Waals surface area contributed by atoms with E-state index in [1.807, 2.05) is 19.1 Å². The Kier molecular flexibility index (Phi) is 5.26. The molecular formula is C21H24N2O3. The molecule has 0 unspecified atom stereocenters. The van der Waals surface area contributed by atoms with Crippen LogP contribution in [0.25, 0.3) is 0 Å². The Morgan fingerprint density at radius 2 is 1.88 bits per heavy atom. The summed E-state index contributed by atoms with van der Waals surface area (Å²) in [6.07, 6.45) is 2.23. The van der Waals surface area contributed by atoms with Crippen molar-refractivity contribution in [2.45, 2.75) is 26.7 Å². The molecule has 1 atom stereocenters. The second-order valence-electron chi connectivity index (χ2n) is 7.05. The van der Waals surface area contributed by atoms with Gasteiger partial charge >= 0.3 is 5.97 Å². The van der Waals surface area contributed by atoms with Crippen LogP contribution < -0.4 is 10.2 Å². The predicted molar refractivity (Wildman–Crippen MR) is 103 cm³/mol. The molecule has 5 nitrogen and oxygen atoms in total. The van der Waals surface area contributed by atoms with Crippen molar-refractivity contribution in [3.63, 3.8) is 0 Å². The van der Waals surface area contributed by atoms with Crippen molar-refractivity contribution >= 4 is 23.3 Å². The molecule has 26 heavy (non-hydrogen) atoms. The zero-order chi connectivity index (χ0) is 18.7. The Labute approximate surface area is 153 Å². The van der Waals surface area contributed by atoms with Crippen LogP contribution in [-0.2, 0) is 0 Å². The van der Waals surface area contributed by atoms with Crippen molar-refractivity contribution in [3.05, 3.63) is 59.2 Å². The standard InChI is InChI=1S/C21H24N2O3/c1-14-5-7-16(8-6-14)20(24)22-17-9-10-19(18(12-17)21(25)26)23-11-3-4-15(2)13-23/h5-10,12,15H,3-4,11,13H2,1-2H3,(H,22,24)(H,25,26)/t15-/m1/s1. The number of hydrogen-bond donors (Lipinski definition) is 2. The van der Waals surface area contributed by atoms with Crippen LogP contribution >= 0.6 is 0 Å². The average Bonchev–Trinajstić information content (AvgIpc) is 2.62. The summed E-state index contributed by atoms with van der Waals surface area (Å²) in [5, 5.41) is 12.4. The lowest BCUT2D eigenvalue weighted by atomic mass is 9.98. The summed E-state index contributed by atoms with van der Waals surface area (Å²) in [6.45, 7) is 5.86. The van der Waals surface area contributed by atoms with Crippen LogP contribution in [0.15, 0.2) is 42.5 Å². The van der Waals surface area contributed by atoms with Crippen molar-refractivity contribution in [1.29, 1.82) is 0 Å². The minimum absolute atomic E-state index is 0.223. The number of nitrogens with zero attached hydrogens (tertiary/aromatic N) is 1. The van der Waals surface area contributed by atoms with Gasteiger partial charge in [-0.25, -0.2) is 4.79 Å². The number of nitrogens with one attached hydrogen (secondary N) is 1. The fourth-order valence-electron chi connectivity index (χ4n) is 3.38. The van der Waals surface area contributed by atoms with Gasteiger partial charge in [0.1, 0.15) is 0 Å². The van der Waals surface area contributed by atoms with E-state index in [0.29, 0.717) is 17.2 Å². The maximum Gasteiger partial charge on any atom is 0.337 e. The fraction of sp³-hybridized carbons (Fsp3) is 0.333. The third kappa shape index (κ3) is 4.04. The van der Waals surface area contributed by atoms with E-state index in [-0.39, 0.29) is 11.5 Å². The lowest BCUT2D eigenvalue weighted by Gasteiger charge is -2.33. The number of piperidine rings is 1. The van der Waals surface area contributed by atoms with Gasteiger partial charge in [0.2, 0.25) is 0 Å². The van der Waals surface area contributed by atoms with Crippen LogP contribution in [0.1, 0.15) is 46.0 Å². The van der Waals surface area contributed by atoms with Crippen LogP contribution in [0, 0.1) is 12.8 Å². The van der Waals surface area contributed by atoms with Gasteiger partial charge in [-0.1, -0.05) is 24.6 Å². The highest BCUT2D eigenvalue weighted by atomic mass is 16.4. The maximum atomic E-state index is 12.4. The summed E-state index contributed by atoms with van der Waals surface area (Å²) in [5.41, 5.74) is 3.05. The fourth-order valence-corrected chi connectivity index (χ4v) is 3.38. The molecular weight excluding hydrogens is 328 g/mol. The first-order valence-electron chi connectivity index (χ1n) is 8.94. The van der Waals surface area contributed by atoms with E-state index in [0.717, 1.165) is 30.8 Å². The Morgan fingerprint density at radius 1 is 1.15 bits per heavy atom. The van der Waals surface area contributed by atoms with Gasteiger partial charge in [-0.05, 0) is 56.0 Å². The molecule has 0 saturated carbocycles. The Bertz CT molecular complexity index is 815. The molecule has 1 fully saturated rings. The highest BCUT2D eigenvalue weighted by Gasteiger charge is 2.22. The van der Waals surface area contributed by atoms with Gasteiger partial charge in [0.25, 0.3) is 5.91 Å². The molecule has 1 aliphatic heterocycles. The Hall–Kier alpha value is -2.82. The van der Waals surface area contributed by atoms with E-state index >= 15 is 0 Å². The molecule has 1 saturated heterocycles. The monoisotopic (exact) mass is 352 g/mol. The number of rotatable bonds is 4. The van der Waals surface area contributed by atoms with E-state index in [9.17, 15) is 14.7 Å². The number of aryl methyl sites for hydroxylation is 1. The zero-order valence-electron chi connectivity index (χ0n) is 15.2. The third-order valence-corrected chi connectivity index (χ3v) is 4.80. The summed E-state index contributed by atoms with van der Waals surface area (Å²) in [6, 6.07) is 12.4. The van der Waals surface area contributed by atoms with E-state index in [1.165, 1.54) is 6.42 Å². The van der Waals surface area contributed by atoms with Crippen LogP contribution in [0.5, 0.6) is 0 Å². The first kappa shape index (κ1) is 18.0. The number of anilines is 2. The number of carbonyl (C=O) groups is 2. The third-order valence-electron chi connectivity index (χ3n) is 4.80. The minimum atomic E-state index is -0.982. The smallest absolute Gasteiger partial charge is 0.337 e. The number of benzene rings is 2. The highest BCUT2D eigenvalue weighted by Crippen LogP contribution is 2.29. The second-order valence-corrected chi connectivity index (χ2v) is 7.05. The molecule has 1 aliphatic rings. The summed E-state index contributed by atoms with van der Waals surface area (Å²) < 4.78 is 0. The van der Waals surface area contributed by atoms with Crippen LogP contribution in [-0.4, -0.2) is 30.1 Å². The predicted octanol–water partition coefficient (Wildman–Crippen LogP) is 4.18. The molecule has 2 aromatic carbocycles. The van der Waals surface area contributed by atoms with Gasteiger partial charge in [-0.3, -0.25) is 4.79 Å². The van der Waals surface area contributed by atoms with Crippen LogP contribution in [0.3, 0.4) is 0 Å². The van der Waals surface area contributed by atoms with Crippen LogP contribution in [0.4, 0.5) is 11.4 Å². The molecule has 0 spiro atoms. The van der Waals surface area contributed by atoms with Gasteiger partial charge in [0.15, 0.2) is 0 Å². The van der Waals surface area contributed by atoms with Gasteiger partial charge < -0.3 is 15.3 Å². The summed E-state index contributed by atoms with van der Waals surface area (Å²) >= 11 is 0. The average molecular weight is 352 g/mol. The molecule has 3 rings (SSSR count). The van der Waals surface area contributed by atoms with Gasteiger partial charge in [0.05, 0.1) is 11.3 Å². The first-order valence-corrected chi connectivity index (χ1v) is 8.94. The lowest BCUT2D eigenvalue weighted by molar-refractivity contribution is 0.0697. The van der Waals surface area contributed by atoms with Gasteiger partial charge in [-0.2, -0.15) is 0 Å². The van der Waals surface area contributed by atoms with E-state index in [1.54, 1.807) is 30.3 Å². The number of carboxylic acid groups (broad SMARTS) is 1. The van der Waals surface area contributed by atoms with Crippen molar-refractivity contribution in [1.82, 2.24) is 0 Å². The molecule has 0 aliphatic carbocycles. The molecule has 0 bridgehead atoms. The number of amides is 1. The van der Waals surface area contributed by atoms with E-state index < -0.39 is 5.97 Å². The Morgan fingerprint density at radius 3 is 2.54 bits per heavy atom. The molecule has 2 aromatic rings. The molecule has 1 heterocycles. The Balaban J connectivity index is 1.83. The molecule has 0 aromatic heterocycles. The lowest BCUT2D eigenvalue weighted by Crippen LogP contribution is -2.35. The molecule has 0 radical (unpaired) electrons. The van der Waals surface area contributed by atoms with Crippen molar-refractivity contribution in [2.75, 3.05) is 23.3 Å². The molecule has 2 N–H and O–H groups in total. The summed E-state index contributed by atoms with van der Waals surface area (Å²) in [5.74, 6) is -0.684. The van der Waals surface area contributed by atoms with Crippen LogP contribution in [0.2, 0.25) is 0 Å². The topological polar surface area (TPSA) is 69.6 Å². The molecule has 5 heteroatoms. The SMILES string of the molecule is Cc1ccc(C(=O)Nc2ccc(N3CCC[C@@H](C)C3)c(C(=O)O)c2)cc1. The molecule has 1 amide bonds. The minimum Gasteiger partial charge on any atom is -0.478 e. The van der Waals surface area contributed by atoms with E-state index in [4.69, 9.17) is 0 Å². The number of carboxylic acids is 1. The number of aromatic carboxylic acids is 1.